The zero-order valence-electron chi connectivity index (χ0n) is 11.4. The molecule has 0 fully saturated rings. The SMILES string of the molecule is Cc1ccccc1CC(Cc1cc(F)ccc1Cl)NN. The van der Waals surface area contributed by atoms with Gasteiger partial charge in [-0.1, -0.05) is 35.9 Å². The molecule has 0 aromatic heterocycles. The molecule has 2 aromatic carbocycles. The van der Waals surface area contributed by atoms with E-state index in [2.05, 4.69) is 24.5 Å². The molecule has 0 spiro atoms. The fourth-order valence-electron chi connectivity index (χ4n) is 2.26. The van der Waals surface area contributed by atoms with Gasteiger partial charge in [0, 0.05) is 11.1 Å². The first-order chi connectivity index (χ1) is 9.60. The monoisotopic (exact) mass is 292 g/mol. The van der Waals surface area contributed by atoms with Crippen LogP contribution >= 0.6 is 11.6 Å². The van der Waals surface area contributed by atoms with Gasteiger partial charge in [-0.15, -0.1) is 0 Å². The molecule has 0 amide bonds. The molecule has 0 heterocycles. The average Bonchev–Trinajstić information content (AvgIpc) is 2.44. The van der Waals surface area contributed by atoms with Gasteiger partial charge in [0.25, 0.3) is 0 Å². The molecule has 106 valence electrons. The Morgan fingerprint density at radius 1 is 1.15 bits per heavy atom. The van der Waals surface area contributed by atoms with Gasteiger partial charge in [0.2, 0.25) is 0 Å². The molecule has 0 radical (unpaired) electrons. The number of rotatable bonds is 5. The summed E-state index contributed by atoms with van der Waals surface area (Å²) in [6, 6.07) is 12.6. The van der Waals surface area contributed by atoms with Crippen molar-refractivity contribution < 1.29 is 4.39 Å². The van der Waals surface area contributed by atoms with Gasteiger partial charge < -0.3 is 0 Å². The van der Waals surface area contributed by atoms with E-state index in [0.717, 1.165) is 12.0 Å². The van der Waals surface area contributed by atoms with Gasteiger partial charge in [0.15, 0.2) is 0 Å². The average molecular weight is 293 g/mol. The van der Waals surface area contributed by atoms with E-state index in [0.29, 0.717) is 11.4 Å². The normalized spacial score (nSPS) is 12.4. The molecule has 0 aliphatic heterocycles. The van der Waals surface area contributed by atoms with Crippen LogP contribution in [0.2, 0.25) is 5.02 Å². The van der Waals surface area contributed by atoms with Gasteiger partial charge in [-0.3, -0.25) is 11.3 Å². The van der Waals surface area contributed by atoms with Gasteiger partial charge in [-0.25, -0.2) is 4.39 Å². The van der Waals surface area contributed by atoms with E-state index in [1.807, 2.05) is 12.1 Å². The number of hydrogen-bond acceptors (Lipinski definition) is 2. The predicted molar refractivity (Wildman–Crippen MR) is 81.1 cm³/mol. The van der Waals surface area contributed by atoms with Crippen molar-refractivity contribution in [2.24, 2.45) is 5.84 Å². The van der Waals surface area contributed by atoms with Crippen molar-refractivity contribution in [3.05, 3.63) is 70.0 Å². The molecule has 0 saturated heterocycles. The van der Waals surface area contributed by atoms with Crippen molar-refractivity contribution in [3.63, 3.8) is 0 Å². The third-order valence-corrected chi connectivity index (χ3v) is 3.81. The lowest BCUT2D eigenvalue weighted by atomic mass is 9.97. The molecule has 2 nitrogen and oxygen atoms in total. The maximum Gasteiger partial charge on any atom is 0.123 e. The molecule has 0 bridgehead atoms. The van der Waals surface area contributed by atoms with Crippen molar-refractivity contribution in [3.8, 4) is 0 Å². The van der Waals surface area contributed by atoms with E-state index >= 15 is 0 Å². The summed E-state index contributed by atoms with van der Waals surface area (Å²) in [6.07, 6.45) is 1.36. The molecule has 20 heavy (non-hydrogen) atoms. The summed E-state index contributed by atoms with van der Waals surface area (Å²) in [4.78, 5) is 0. The summed E-state index contributed by atoms with van der Waals surface area (Å²) >= 11 is 6.10. The molecule has 0 aliphatic carbocycles. The highest BCUT2D eigenvalue weighted by Crippen LogP contribution is 2.20. The fraction of sp³-hybridized carbons (Fsp3) is 0.250. The van der Waals surface area contributed by atoms with Crippen molar-refractivity contribution in [2.75, 3.05) is 0 Å². The predicted octanol–water partition coefficient (Wildman–Crippen LogP) is 3.40. The van der Waals surface area contributed by atoms with Crippen molar-refractivity contribution in [1.29, 1.82) is 0 Å². The fourth-order valence-corrected chi connectivity index (χ4v) is 2.45. The van der Waals surface area contributed by atoms with Crippen molar-refractivity contribution in [2.45, 2.75) is 25.8 Å². The Bertz CT molecular complexity index is 586. The molecular weight excluding hydrogens is 275 g/mol. The van der Waals surface area contributed by atoms with Crippen LogP contribution in [-0.4, -0.2) is 6.04 Å². The molecule has 1 unspecified atom stereocenters. The zero-order chi connectivity index (χ0) is 14.5. The summed E-state index contributed by atoms with van der Waals surface area (Å²) in [5.74, 6) is 5.34. The molecule has 2 rings (SSSR count). The van der Waals surface area contributed by atoms with Crippen LogP contribution in [0.15, 0.2) is 42.5 Å². The van der Waals surface area contributed by atoms with Gasteiger partial charge >= 0.3 is 0 Å². The largest absolute Gasteiger partial charge is 0.271 e. The Morgan fingerprint density at radius 2 is 1.85 bits per heavy atom. The van der Waals surface area contributed by atoms with E-state index in [4.69, 9.17) is 17.4 Å². The molecule has 0 aliphatic rings. The number of benzene rings is 2. The Hall–Kier alpha value is -1.42. The van der Waals surface area contributed by atoms with Crippen LogP contribution in [0.25, 0.3) is 0 Å². The van der Waals surface area contributed by atoms with Crippen LogP contribution < -0.4 is 11.3 Å². The highest BCUT2D eigenvalue weighted by molar-refractivity contribution is 6.31. The van der Waals surface area contributed by atoms with E-state index in [9.17, 15) is 4.39 Å². The van der Waals surface area contributed by atoms with Crippen LogP contribution in [0.3, 0.4) is 0 Å². The first-order valence-corrected chi connectivity index (χ1v) is 6.92. The summed E-state index contributed by atoms with van der Waals surface area (Å²) in [6.45, 7) is 2.07. The summed E-state index contributed by atoms with van der Waals surface area (Å²) in [5, 5.41) is 0.566. The number of halogens is 2. The highest BCUT2D eigenvalue weighted by Gasteiger charge is 2.13. The van der Waals surface area contributed by atoms with Crippen molar-refractivity contribution >= 4 is 11.6 Å². The van der Waals surface area contributed by atoms with Crippen molar-refractivity contribution in [1.82, 2.24) is 5.43 Å². The Morgan fingerprint density at radius 3 is 2.55 bits per heavy atom. The lowest BCUT2D eigenvalue weighted by molar-refractivity contribution is 0.519. The molecule has 1 atom stereocenters. The van der Waals surface area contributed by atoms with Crippen LogP contribution in [0.4, 0.5) is 4.39 Å². The van der Waals surface area contributed by atoms with E-state index < -0.39 is 0 Å². The highest BCUT2D eigenvalue weighted by atomic mass is 35.5. The quantitative estimate of drug-likeness (QED) is 0.655. The van der Waals surface area contributed by atoms with E-state index in [1.165, 1.54) is 23.3 Å². The minimum Gasteiger partial charge on any atom is -0.271 e. The summed E-state index contributed by atoms with van der Waals surface area (Å²) in [5.41, 5.74) is 6.00. The Balaban J connectivity index is 2.13. The number of hydrogen-bond donors (Lipinski definition) is 2. The minimum atomic E-state index is -0.281. The van der Waals surface area contributed by atoms with Gasteiger partial charge in [-0.2, -0.15) is 0 Å². The third kappa shape index (κ3) is 3.79. The van der Waals surface area contributed by atoms with Crippen LogP contribution in [0, 0.1) is 12.7 Å². The lowest BCUT2D eigenvalue weighted by Crippen LogP contribution is -2.38. The summed E-state index contributed by atoms with van der Waals surface area (Å²) < 4.78 is 13.3. The van der Waals surface area contributed by atoms with Gasteiger partial charge in [0.1, 0.15) is 5.82 Å². The van der Waals surface area contributed by atoms with Crippen LogP contribution in [-0.2, 0) is 12.8 Å². The second-order valence-corrected chi connectivity index (χ2v) is 5.34. The molecule has 0 saturated carbocycles. The molecule has 2 aromatic rings. The minimum absolute atomic E-state index is 0.00963. The smallest absolute Gasteiger partial charge is 0.123 e. The molecule has 3 N–H and O–H groups in total. The number of hydrazine groups is 1. The van der Waals surface area contributed by atoms with E-state index in [-0.39, 0.29) is 11.9 Å². The maximum atomic E-state index is 13.3. The Labute approximate surface area is 123 Å². The second-order valence-electron chi connectivity index (χ2n) is 4.93. The zero-order valence-corrected chi connectivity index (χ0v) is 12.1. The maximum absolute atomic E-state index is 13.3. The first kappa shape index (κ1) is 15.0. The third-order valence-electron chi connectivity index (χ3n) is 3.44. The number of nitrogens with two attached hydrogens (primary N) is 1. The number of aryl methyl sites for hydroxylation is 1. The summed E-state index contributed by atoms with van der Waals surface area (Å²) in [7, 11) is 0. The van der Waals surface area contributed by atoms with Gasteiger partial charge in [-0.05, 0) is 54.7 Å². The standard InChI is InChI=1S/C16H18ClFN2/c1-11-4-2-3-5-12(11)9-15(20-19)10-13-8-14(18)6-7-16(13)17/h2-8,15,20H,9-10,19H2,1H3. The van der Waals surface area contributed by atoms with E-state index in [1.54, 1.807) is 6.07 Å². The number of nitrogens with one attached hydrogen (secondary N) is 1. The van der Waals surface area contributed by atoms with Crippen LogP contribution in [0.5, 0.6) is 0 Å². The first-order valence-electron chi connectivity index (χ1n) is 6.54. The molecule has 4 heteroatoms. The second kappa shape index (κ2) is 6.84. The Kier molecular flexibility index (Phi) is 5.12. The van der Waals surface area contributed by atoms with Crippen LogP contribution in [0.1, 0.15) is 16.7 Å². The van der Waals surface area contributed by atoms with Gasteiger partial charge in [0.05, 0.1) is 0 Å². The molecular formula is C16H18ClFN2. The lowest BCUT2D eigenvalue weighted by Gasteiger charge is -2.18. The topological polar surface area (TPSA) is 38.0 Å².